The van der Waals surface area contributed by atoms with E-state index in [9.17, 15) is 9.90 Å². The van der Waals surface area contributed by atoms with Crippen molar-refractivity contribution in [2.75, 3.05) is 26.2 Å². The molecule has 2 fully saturated rings. The first kappa shape index (κ1) is 19.0. The molecule has 0 radical (unpaired) electrons. The Kier molecular flexibility index (Phi) is 6.44. The molecule has 10 heteroatoms. The highest BCUT2D eigenvalue weighted by atomic mass is 16.4. The molecule has 24 heavy (non-hydrogen) atoms. The maximum Gasteiger partial charge on any atom is 0.451 e. The fourth-order valence-corrected chi connectivity index (χ4v) is 3.46. The molecule has 2 atom stereocenters. The first-order valence-corrected chi connectivity index (χ1v) is 8.50. The van der Waals surface area contributed by atoms with Gasteiger partial charge in [0.15, 0.2) is 5.96 Å². The van der Waals surface area contributed by atoms with Crippen LogP contribution < -0.4 is 16.8 Å². The minimum absolute atomic E-state index is 0.120. The number of likely N-dealkylation sites (tertiary alicyclic amines) is 1. The van der Waals surface area contributed by atoms with Gasteiger partial charge in [-0.15, -0.1) is 0 Å². The van der Waals surface area contributed by atoms with E-state index in [4.69, 9.17) is 21.5 Å². The third kappa shape index (κ3) is 4.59. The minimum atomic E-state index is -1.39. The molecule has 2 saturated heterocycles. The number of piperidine rings is 1. The zero-order chi connectivity index (χ0) is 17.7. The Morgan fingerprint density at radius 1 is 1.38 bits per heavy atom. The van der Waals surface area contributed by atoms with Crippen molar-refractivity contribution < 1.29 is 19.9 Å². The normalized spacial score (nSPS) is 29.0. The Bertz CT molecular complexity index is 472. The van der Waals surface area contributed by atoms with Crippen LogP contribution in [0.25, 0.3) is 0 Å². The van der Waals surface area contributed by atoms with Crippen molar-refractivity contribution in [2.45, 2.75) is 43.6 Å². The van der Waals surface area contributed by atoms with Crippen LogP contribution >= 0.6 is 0 Å². The van der Waals surface area contributed by atoms with E-state index in [0.29, 0.717) is 25.3 Å². The molecule has 0 amide bonds. The average Bonchev–Trinajstić information content (AvgIpc) is 2.87. The number of guanidine groups is 1. The summed E-state index contributed by atoms with van der Waals surface area (Å²) in [6.07, 6.45) is 3.02. The third-order valence-electron chi connectivity index (χ3n) is 4.98. The van der Waals surface area contributed by atoms with E-state index in [1.165, 1.54) is 0 Å². The molecule has 2 heterocycles. The Morgan fingerprint density at radius 3 is 2.62 bits per heavy atom. The second kappa shape index (κ2) is 8.15. The molecule has 0 saturated carbocycles. The van der Waals surface area contributed by atoms with Crippen LogP contribution in [0.15, 0.2) is 4.99 Å². The summed E-state index contributed by atoms with van der Waals surface area (Å²) in [7, 11) is -1.38. The summed E-state index contributed by atoms with van der Waals surface area (Å²) in [6.45, 7) is 2.35. The van der Waals surface area contributed by atoms with E-state index in [2.05, 4.69) is 10.3 Å². The lowest BCUT2D eigenvalue weighted by Crippen LogP contribution is -2.55. The van der Waals surface area contributed by atoms with E-state index in [-0.39, 0.29) is 24.8 Å². The summed E-state index contributed by atoms with van der Waals surface area (Å²) in [4.78, 5) is 17.9. The highest BCUT2D eigenvalue weighted by molar-refractivity contribution is 6.40. The summed E-state index contributed by atoms with van der Waals surface area (Å²) in [5, 5.41) is 30.7. The van der Waals surface area contributed by atoms with Gasteiger partial charge in [-0.1, -0.05) is 6.42 Å². The number of aliphatic imine (C=N–C) groups is 1. The smallest absolute Gasteiger partial charge is 0.451 e. The maximum atomic E-state index is 11.6. The lowest BCUT2D eigenvalue weighted by atomic mass is 9.78. The standard InChI is InChI=1S/C14H28BN5O4/c16-13(19-11-3-6-18-7-4-11)20-8-10(2-1-5-15(23)24)14(17,9-20)12(21)22/h10-11,18,23-24H,1-9,17H2,(H2,16,19)(H,21,22). The fourth-order valence-electron chi connectivity index (χ4n) is 3.46. The number of rotatable bonds is 6. The van der Waals surface area contributed by atoms with Crippen LogP contribution in [0.3, 0.4) is 0 Å². The Balaban J connectivity index is 2.01. The quantitative estimate of drug-likeness (QED) is 0.184. The van der Waals surface area contributed by atoms with Gasteiger partial charge in [0.05, 0.1) is 6.04 Å². The molecule has 9 nitrogen and oxygen atoms in total. The molecule has 136 valence electrons. The number of nitrogens with zero attached hydrogens (tertiary/aromatic N) is 2. The summed E-state index contributed by atoms with van der Waals surface area (Å²) < 4.78 is 0. The van der Waals surface area contributed by atoms with Gasteiger partial charge in [-0.05, 0) is 38.7 Å². The number of nitrogens with one attached hydrogen (secondary N) is 1. The molecule has 2 aliphatic heterocycles. The van der Waals surface area contributed by atoms with Crippen LogP contribution in [-0.2, 0) is 4.79 Å². The maximum absolute atomic E-state index is 11.6. The largest absolute Gasteiger partial charge is 0.480 e. The van der Waals surface area contributed by atoms with E-state index < -0.39 is 18.6 Å². The number of carboxylic acids is 1. The van der Waals surface area contributed by atoms with Gasteiger partial charge in [-0.2, -0.15) is 0 Å². The fraction of sp³-hybridized carbons (Fsp3) is 0.857. The average molecular weight is 341 g/mol. The molecule has 0 aliphatic carbocycles. The molecule has 0 aromatic rings. The van der Waals surface area contributed by atoms with Gasteiger partial charge in [0, 0.05) is 19.0 Å². The molecule has 8 N–H and O–H groups in total. The number of hydrogen-bond acceptors (Lipinski definition) is 6. The number of nitrogens with two attached hydrogens (primary N) is 2. The van der Waals surface area contributed by atoms with Crippen LogP contribution in [0.4, 0.5) is 0 Å². The van der Waals surface area contributed by atoms with E-state index in [1.54, 1.807) is 4.90 Å². The minimum Gasteiger partial charge on any atom is -0.480 e. The highest BCUT2D eigenvalue weighted by Gasteiger charge is 2.49. The molecular formula is C14H28BN5O4. The monoisotopic (exact) mass is 341 g/mol. The second-order valence-electron chi connectivity index (χ2n) is 6.80. The van der Waals surface area contributed by atoms with Crippen LogP contribution in [0.5, 0.6) is 0 Å². The molecule has 2 rings (SSSR count). The van der Waals surface area contributed by atoms with Gasteiger partial charge in [0.25, 0.3) is 0 Å². The lowest BCUT2D eigenvalue weighted by Gasteiger charge is -2.25. The van der Waals surface area contributed by atoms with Crippen molar-refractivity contribution in [1.29, 1.82) is 0 Å². The van der Waals surface area contributed by atoms with Gasteiger partial charge in [-0.25, -0.2) is 4.99 Å². The predicted molar refractivity (Wildman–Crippen MR) is 91.4 cm³/mol. The first-order chi connectivity index (χ1) is 11.3. The van der Waals surface area contributed by atoms with Crippen LogP contribution in [0, 0.1) is 5.92 Å². The van der Waals surface area contributed by atoms with Gasteiger partial charge in [0.2, 0.25) is 0 Å². The zero-order valence-electron chi connectivity index (χ0n) is 13.9. The van der Waals surface area contributed by atoms with Crippen molar-refractivity contribution in [3.63, 3.8) is 0 Å². The Morgan fingerprint density at radius 2 is 2.04 bits per heavy atom. The SMILES string of the molecule is NC(=NC1CCNCC1)N1CC(CCCB(O)O)C(N)(C(=O)O)C1. The molecule has 2 aliphatic rings. The van der Waals surface area contributed by atoms with Crippen LogP contribution in [-0.4, -0.2) is 76.9 Å². The predicted octanol–water partition coefficient (Wildman–Crippen LogP) is -1.98. The topological polar surface area (TPSA) is 157 Å². The number of hydrogen-bond donors (Lipinski definition) is 6. The van der Waals surface area contributed by atoms with E-state index >= 15 is 0 Å². The lowest BCUT2D eigenvalue weighted by molar-refractivity contribution is -0.144. The van der Waals surface area contributed by atoms with Gasteiger partial charge in [-0.3, -0.25) is 4.79 Å². The molecular weight excluding hydrogens is 313 g/mol. The molecule has 0 bridgehead atoms. The van der Waals surface area contributed by atoms with Crippen LogP contribution in [0.1, 0.15) is 25.7 Å². The number of aliphatic carboxylic acids is 1. The van der Waals surface area contributed by atoms with Crippen molar-refractivity contribution in [1.82, 2.24) is 10.2 Å². The van der Waals surface area contributed by atoms with Gasteiger partial charge >= 0.3 is 13.1 Å². The van der Waals surface area contributed by atoms with Gasteiger partial charge < -0.3 is 36.8 Å². The Hall–Kier alpha value is -1.36. The second-order valence-corrected chi connectivity index (χ2v) is 6.80. The zero-order valence-corrected chi connectivity index (χ0v) is 13.9. The third-order valence-corrected chi connectivity index (χ3v) is 4.98. The molecule has 2 unspecified atom stereocenters. The summed E-state index contributed by atoms with van der Waals surface area (Å²) >= 11 is 0. The van der Waals surface area contributed by atoms with Crippen molar-refractivity contribution >= 4 is 19.0 Å². The Labute approximate surface area is 142 Å². The van der Waals surface area contributed by atoms with Crippen molar-refractivity contribution in [3.05, 3.63) is 0 Å². The number of carbonyl (C=O) groups is 1. The first-order valence-electron chi connectivity index (χ1n) is 8.50. The molecule has 0 aromatic heterocycles. The van der Waals surface area contributed by atoms with Crippen LogP contribution in [0.2, 0.25) is 6.32 Å². The van der Waals surface area contributed by atoms with Gasteiger partial charge in [0.1, 0.15) is 5.54 Å². The summed E-state index contributed by atoms with van der Waals surface area (Å²) in [6, 6.07) is 0.159. The molecule has 0 aromatic carbocycles. The van der Waals surface area contributed by atoms with E-state index in [1.807, 2.05) is 0 Å². The summed E-state index contributed by atoms with van der Waals surface area (Å²) in [5.41, 5.74) is 10.8. The molecule has 0 spiro atoms. The van der Waals surface area contributed by atoms with Crippen molar-refractivity contribution in [2.24, 2.45) is 22.4 Å². The summed E-state index contributed by atoms with van der Waals surface area (Å²) in [5.74, 6) is -1.02. The number of carboxylic acid groups (broad SMARTS) is 1. The highest BCUT2D eigenvalue weighted by Crippen LogP contribution is 2.30. The van der Waals surface area contributed by atoms with Crippen molar-refractivity contribution in [3.8, 4) is 0 Å². The van der Waals surface area contributed by atoms with E-state index in [0.717, 1.165) is 25.9 Å².